The quantitative estimate of drug-likeness (QED) is 0.799. The first-order chi connectivity index (χ1) is 12.7. The lowest BCUT2D eigenvalue weighted by Crippen LogP contribution is -2.71. The van der Waals surface area contributed by atoms with E-state index in [1.165, 1.54) is 12.8 Å². The summed E-state index contributed by atoms with van der Waals surface area (Å²) < 4.78 is 5.97. The second-order valence-electron chi connectivity index (χ2n) is 7.81. The molecule has 4 heterocycles. The molecule has 0 N–H and O–H groups in total. The average Bonchev–Trinajstić information content (AvgIpc) is 2.65. The zero-order valence-electron chi connectivity index (χ0n) is 15.6. The molecule has 26 heavy (non-hydrogen) atoms. The minimum absolute atomic E-state index is 0.325. The number of rotatable bonds is 6. The van der Waals surface area contributed by atoms with Gasteiger partial charge in [-0.3, -0.25) is 19.8 Å². The topological polar surface area (TPSA) is 41.5 Å². The molecular weight excluding hydrogens is 324 g/mol. The molecule has 2 fully saturated rings. The summed E-state index contributed by atoms with van der Waals surface area (Å²) in [5.74, 6) is 0.645. The molecule has 5 nitrogen and oxygen atoms in total. The van der Waals surface area contributed by atoms with Gasteiger partial charge in [0.1, 0.15) is 0 Å². The second kappa shape index (κ2) is 7.82. The number of likely N-dealkylation sites (tertiary alicyclic amines) is 2. The largest absolute Gasteiger partial charge is 0.375 e. The molecule has 2 aromatic heterocycles. The van der Waals surface area contributed by atoms with E-state index in [0.29, 0.717) is 18.1 Å². The lowest BCUT2D eigenvalue weighted by atomic mass is 9.75. The zero-order chi connectivity index (χ0) is 17.8. The van der Waals surface area contributed by atoms with Crippen LogP contribution in [0, 0.1) is 5.92 Å². The number of ether oxygens (including phenoxy) is 1. The molecule has 1 unspecified atom stereocenters. The molecule has 2 aromatic rings. The number of pyridine rings is 2. The van der Waals surface area contributed by atoms with Gasteiger partial charge in [0.2, 0.25) is 0 Å². The summed E-state index contributed by atoms with van der Waals surface area (Å²) in [6, 6.07) is 12.1. The van der Waals surface area contributed by atoms with Gasteiger partial charge < -0.3 is 4.74 Å². The van der Waals surface area contributed by atoms with Crippen molar-refractivity contribution in [2.75, 3.05) is 33.3 Å². The summed E-state index contributed by atoms with van der Waals surface area (Å²) in [5.41, 5.74) is 2.50. The predicted octanol–water partition coefficient (Wildman–Crippen LogP) is 2.59. The third kappa shape index (κ3) is 3.95. The Morgan fingerprint density at radius 1 is 1.08 bits per heavy atom. The van der Waals surface area contributed by atoms with Crippen molar-refractivity contribution in [1.82, 2.24) is 19.8 Å². The Kier molecular flexibility index (Phi) is 5.29. The van der Waals surface area contributed by atoms with Crippen molar-refractivity contribution in [2.24, 2.45) is 5.92 Å². The number of aromatic nitrogens is 2. The molecule has 138 valence electrons. The Morgan fingerprint density at radius 2 is 1.81 bits per heavy atom. The van der Waals surface area contributed by atoms with E-state index in [4.69, 9.17) is 4.74 Å². The van der Waals surface area contributed by atoms with Gasteiger partial charge in [0.05, 0.1) is 24.6 Å². The SMILES string of the molecule is CN1CCC(COCc2ccccn2)CC12CN(Cc1ccccn1)C2. The molecule has 1 atom stereocenters. The molecule has 2 saturated heterocycles. The molecule has 0 radical (unpaired) electrons. The molecule has 0 bridgehead atoms. The van der Waals surface area contributed by atoms with Crippen LogP contribution in [0.4, 0.5) is 0 Å². The summed E-state index contributed by atoms with van der Waals surface area (Å²) in [4.78, 5) is 13.9. The van der Waals surface area contributed by atoms with Crippen LogP contribution in [0.25, 0.3) is 0 Å². The number of likely N-dealkylation sites (N-methyl/N-ethyl adjacent to an activating group) is 1. The van der Waals surface area contributed by atoms with E-state index in [0.717, 1.165) is 44.2 Å². The van der Waals surface area contributed by atoms with Gasteiger partial charge in [-0.25, -0.2) is 0 Å². The van der Waals surface area contributed by atoms with Crippen LogP contribution < -0.4 is 0 Å². The number of hydrogen-bond donors (Lipinski definition) is 0. The maximum absolute atomic E-state index is 5.97. The lowest BCUT2D eigenvalue weighted by Gasteiger charge is -2.58. The van der Waals surface area contributed by atoms with Crippen LogP contribution >= 0.6 is 0 Å². The maximum atomic E-state index is 5.97. The van der Waals surface area contributed by atoms with Gasteiger partial charge in [-0.2, -0.15) is 0 Å². The Bertz CT molecular complexity index is 688. The van der Waals surface area contributed by atoms with Gasteiger partial charge >= 0.3 is 0 Å². The number of hydrogen-bond acceptors (Lipinski definition) is 5. The third-order valence-electron chi connectivity index (χ3n) is 5.83. The molecule has 5 heteroatoms. The van der Waals surface area contributed by atoms with Crippen LogP contribution in [0.2, 0.25) is 0 Å². The van der Waals surface area contributed by atoms with Gasteiger partial charge in [-0.05, 0) is 56.6 Å². The van der Waals surface area contributed by atoms with Gasteiger partial charge in [0.15, 0.2) is 0 Å². The second-order valence-corrected chi connectivity index (χ2v) is 7.81. The van der Waals surface area contributed by atoms with Crippen molar-refractivity contribution in [3.05, 3.63) is 60.2 Å². The van der Waals surface area contributed by atoms with E-state index >= 15 is 0 Å². The van der Waals surface area contributed by atoms with Gasteiger partial charge in [-0.1, -0.05) is 12.1 Å². The van der Waals surface area contributed by atoms with Crippen LogP contribution in [-0.2, 0) is 17.9 Å². The van der Waals surface area contributed by atoms with E-state index in [1.807, 2.05) is 36.7 Å². The fourth-order valence-corrected chi connectivity index (χ4v) is 4.35. The highest BCUT2D eigenvalue weighted by Crippen LogP contribution is 2.38. The molecule has 0 saturated carbocycles. The van der Waals surface area contributed by atoms with Crippen LogP contribution in [0.3, 0.4) is 0 Å². The third-order valence-corrected chi connectivity index (χ3v) is 5.83. The van der Waals surface area contributed by atoms with Crippen molar-refractivity contribution in [3.63, 3.8) is 0 Å². The van der Waals surface area contributed by atoms with Crippen molar-refractivity contribution in [2.45, 2.75) is 31.5 Å². The molecular formula is C21H28N4O. The minimum atomic E-state index is 0.325. The summed E-state index contributed by atoms with van der Waals surface area (Å²) in [5, 5.41) is 0. The Balaban J connectivity index is 1.26. The first kappa shape index (κ1) is 17.6. The van der Waals surface area contributed by atoms with E-state index in [-0.39, 0.29) is 0 Å². The summed E-state index contributed by atoms with van der Waals surface area (Å²) in [7, 11) is 2.28. The van der Waals surface area contributed by atoms with Crippen molar-refractivity contribution in [1.29, 1.82) is 0 Å². The van der Waals surface area contributed by atoms with Gasteiger partial charge in [0.25, 0.3) is 0 Å². The Morgan fingerprint density at radius 3 is 2.50 bits per heavy atom. The number of piperidine rings is 1. The minimum Gasteiger partial charge on any atom is -0.375 e. The van der Waals surface area contributed by atoms with Gasteiger partial charge in [0, 0.05) is 37.6 Å². The number of nitrogens with zero attached hydrogens (tertiary/aromatic N) is 4. The summed E-state index contributed by atoms with van der Waals surface area (Å²) >= 11 is 0. The first-order valence-corrected chi connectivity index (χ1v) is 9.55. The van der Waals surface area contributed by atoms with Crippen LogP contribution in [0.1, 0.15) is 24.2 Å². The maximum Gasteiger partial charge on any atom is 0.0887 e. The Labute approximate surface area is 156 Å². The van der Waals surface area contributed by atoms with Crippen molar-refractivity contribution < 1.29 is 4.74 Å². The smallest absolute Gasteiger partial charge is 0.0887 e. The molecule has 0 aliphatic carbocycles. The highest BCUT2D eigenvalue weighted by atomic mass is 16.5. The average molecular weight is 352 g/mol. The molecule has 0 aromatic carbocycles. The van der Waals surface area contributed by atoms with Crippen LogP contribution in [0.15, 0.2) is 48.8 Å². The molecule has 1 spiro atoms. The van der Waals surface area contributed by atoms with Crippen LogP contribution in [-0.4, -0.2) is 58.6 Å². The van der Waals surface area contributed by atoms with Crippen molar-refractivity contribution in [3.8, 4) is 0 Å². The monoisotopic (exact) mass is 352 g/mol. The summed E-state index contributed by atoms with van der Waals surface area (Å²) in [6.07, 6.45) is 6.16. The fourth-order valence-electron chi connectivity index (χ4n) is 4.35. The van der Waals surface area contributed by atoms with Gasteiger partial charge in [-0.15, -0.1) is 0 Å². The summed E-state index contributed by atoms with van der Waals surface area (Å²) in [6.45, 7) is 5.85. The van der Waals surface area contributed by atoms with E-state index in [2.05, 4.69) is 38.9 Å². The van der Waals surface area contributed by atoms with E-state index in [1.54, 1.807) is 0 Å². The molecule has 0 amide bonds. The van der Waals surface area contributed by atoms with Crippen LogP contribution in [0.5, 0.6) is 0 Å². The lowest BCUT2D eigenvalue weighted by molar-refractivity contribution is -0.0940. The highest BCUT2D eigenvalue weighted by Gasteiger charge is 2.49. The fraction of sp³-hybridized carbons (Fsp3) is 0.524. The molecule has 4 rings (SSSR count). The zero-order valence-corrected chi connectivity index (χ0v) is 15.6. The van der Waals surface area contributed by atoms with E-state index in [9.17, 15) is 0 Å². The highest BCUT2D eigenvalue weighted by molar-refractivity contribution is 5.10. The van der Waals surface area contributed by atoms with E-state index < -0.39 is 0 Å². The molecule has 2 aliphatic rings. The standard InChI is InChI=1S/C21H28N4O/c1-24-11-8-18(14-26-15-20-7-3-5-10-23-20)12-21(24)16-25(17-21)13-19-6-2-4-9-22-19/h2-7,9-10,18H,8,11-17H2,1H3. The normalized spacial score (nSPS) is 23.0. The predicted molar refractivity (Wildman–Crippen MR) is 101 cm³/mol. The first-order valence-electron chi connectivity index (χ1n) is 9.55. The Hall–Kier alpha value is -1.82. The van der Waals surface area contributed by atoms with Crippen molar-refractivity contribution >= 4 is 0 Å². The molecule has 2 aliphatic heterocycles.